The van der Waals surface area contributed by atoms with Gasteiger partial charge in [-0.05, 0) is 42.0 Å². The largest absolute Gasteiger partial charge is 0.496 e. The number of hydrogen-bond donors (Lipinski definition) is 1. The van der Waals surface area contributed by atoms with E-state index in [0.717, 1.165) is 5.69 Å². The number of anilines is 1. The molecule has 0 radical (unpaired) electrons. The smallest absolute Gasteiger partial charge is 0.248 e. The van der Waals surface area contributed by atoms with Crippen LogP contribution < -0.4 is 15.0 Å². The fourth-order valence-electron chi connectivity index (χ4n) is 4.12. The number of halogens is 2. The van der Waals surface area contributed by atoms with E-state index >= 15 is 0 Å². The van der Waals surface area contributed by atoms with Crippen LogP contribution in [0.5, 0.6) is 5.75 Å². The monoisotopic (exact) mass is 445 g/mol. The number of rotatable bonds is 6. The Balaban J connectivity index is 1.89. The van der Waals surface area contributed by atoms with Crippen molar-refractivity contribution >= 4 is 11.6 Å². The van der Waals surface area contributed by atoms with Crippen LogP contribution in [0.25, 0.3) is 0 Å². The molecule has 0 spiro atoms. The molecule has 0 aliphatic heterocycles. The maximum Gasteiger partial charge on any atom is 0.248 e. The van der Waals surface area contributed by atoms with Crippen LogP contribution in [0, 0.1) is 0 Å². The van der Waals surface area contributed by atoms with Crippen molar-refractivity contribution in [2.45, 2.75) is 69.9 Å². The Hall–Kier alpha value is -2.70. The van der Waals surface area contributed by atoms with Gasteiger partial charge in [0, 0.05) is 49.6 Å². The highest BCUT2D eigenvalue weighted by Gasteiger charge is 2.37. The highest BCUT2D eigenvalue weighted by molar-refractivity contribution is 5.87. The highest BCUT2D eigenvalue weighted by Crippen LogP contribution is 2.35. The van der Waals surface area contributed by atoms with Gasteiger partial charge in [-0.1, -0.05) is 32.9 Å². The van der Waals surface area contributed by atoms with Crippen LogP contribution in [0.2, 0.25) is 0 Å². The molecular formula is C25H33F2N3O2. The van der Waals surface area contributed by atoms with E-state index in [0.29, 0.717) is 11.3 Å². The lowest BCUT2D eigenvalue weighted by Crippen LogP contribution is -2.46. The molecule has 1 unspecified atom stereocenters. The fourth-order valence-corrected chi connectivity index (χ4v) is 4.12. The van der Waals surface area contributed by atoms with Crippen LogP contribution in [0.1, 0.15) is 63.6 Å². The summed E-state index contributed by atoms with van der Waals surface area (Å²) in [6, 6.07) is 8.82. The number of likely N-dealkylation sites (N-methyl/N-ethyl adjacent to an activating group) is 1. The number of hydrogen-bond acceptors (Lipinski definition) is 4. The van der Waals surface area contributed by atoms with Crippen molar-refractivity contribution < 1.29 is 18.3 Å². The minimum Gasteiger partial charge on any atom is -0.496 e. The quantitative estimate of drug-likeness (QED) is 0.659. The van der Waals surface area contributed by atoms with Gasteiger partial charge in [-0.3, -0.25) is 9.78 Å². The molecule has 1 amide bonds. The summed E-state index contributed by atoms with van der Waals surface area (Å²) in [6.07, 6.45) is 3.35. The Morgan fingerprint density at radius 3 is 2.38 bits per heavy atom. The Kier molecular flexibility index (Phi) is 7.06. The molecule has 7 heteroatoms. The molecule has 1 fully saturated rings. The van der Waals surface area contributed by atoms with E-state index in [-0.39, 0.29) is 43.0 Å². The standard InChI is InChI=1S/C25H33F2N3O2/c1-24(2,3)17-6-8-19(9-7-17)30(4)22(20-16-28-15-12-21(20)32-5)23(31)29-18-10-13-25(26,27)14-11-18/h6-9,12,15-16,18,22H,10-11,13-14H2,1-5H3,(H,29,31). The molecule has 1 aliphatic carbocycles. The van der Waals surface area contributed by atoms with Crippen LogP contribution in [0.4, 0.5) is 14.5 Å². The van der Waals surface area contributed by atoms with Gasteiger partial charge in [0.05, 0.1) is 7.11 Å². The number of carbonyl (C=O) groups is 1. The zero-order valence-electron chi connectivity index (χ0n) is 19.5. The first kappa shape index (κ1) is 24.0. The molecule has 1 atom stereocenters. The van der Waals surface area contributed by atoms with Crippen LogP contribution in [-0.2, 0) is 10.2 Å². The van der Waals surface area contributed by atoms with E-state index < -0.39 is 12.0 Å². The molecule has 2 aromatic rings. The van der Waals surface area contributed by atoms with E-state index in [2.05, 4.69) is 43.2 Å². The average Bonchev–Trinajstić information content (AvgIpc) is 2.75. The number of pyridine rings is 1. The van der Waals surface area contributed by atoms with Crippen LogP contribution in [0.3, 0.4) is 0 Å². The van der Waals surface area contributed by atoms with E-state index in [9.17, 15) is 13.6 Å². The molecule has 1 aromatic heterocycles. The number of nitrogens with zero attached hydrogens (tertiary/aromatic N) is 2. The average molecular weight is 446 g/mol. The van der Waals surface area contributed by atoms with Crippen molar-refractivity contribution in [3.8, 4) is 5.75 Å². The minimum absolute atomic E-state index is 0.0174. The number of ether oxygens (including phenoxy) is 1. The van der Waals surface area contributed by atoms with Gasteiger partial charge in [-0.15, -0.1) is 0 Å². The van der Waals surface area contributed by atoms with Gasteiger partial charge in [-0.2, -0.15) is 0 Å². The van der Waals surface area contributed by atoms with Crippen LogP contribution in [-0.4, -0.2) is 37.0 Å². The lowest BCUT2D eigenvalue weighted by atomic mass is 9.87. The molecule has 0 bridgehead atoms. The molecule has 0 saturated heterocycles. The van der Waals surface area contributed by atoms with Crippen molar-refractivity contribution in [2.24, 2.45) is 0 Å². The van der Waals surface area contributed by atoms with Crippen LogP contribution >= 0.6 is 0 Å². The van der Waals surface area contributed by atoms with Crippen molar-refractivity contribution in [1.82, 2.24) is 10.3 Å². The van der Waals surface area contributed by atoms with Gasteiger partial charge >= 0.3 is 0 Å². The zero-order chi connectivity index (χ0) is 23.5. The van der Waals surface area contributed by atoms with Gasteiger partial charge in [0.15, 0.2) is 0 Å². The predicted octanol–water partition coefficient (Wildman–Crippen LogP) is 5.26. The third-order valence-electron chi connectivity index (χ3n) is 6.16. The molecule has 174 valence electrons. The second-order valence-corrected chi connectivity index (χ2v) is 9.57. The van der Waals surface area contributed by atoms with E-state index in [1.807, 2.05) is 24.1 Å². The predicted molar refractivity (Wildman–Crippen MR) is 122 cm³/mol. The molecule has 3 rings (SSSR count). The van der Waals surface area contributed by atoms with Crippen LogP contribution in [0.15, 0.2) is 42.7 Å². The van der Waals surface area contributed by atoms with Crippen molar-refractivity contribution in [2.75, 3.05) is 19.1 Å². The molecule has 1 heterocycles. The third kappa shape index (κ3) is 5.56. The maximum atomic E-state index is 13.6. The summed E-state index contributed by atoms with van der Waals surface area (Å²) in [4.78, 5) is 19.5. The van der Waals surface area contributed by atoms with Gasteiger partial charge in [-0.25, -0.2) is 8.78 Å². The molecular weight excluding hydrogens is 412 g/mol. The highest BCUT2D eigenvalue weighted by atomic mass is 19.3. The number of alkyl halides is 2. The Bertz CT molecular complexity index is 916. The first-order chi connectivity index (χ1) is 15.0. The Labute approximate surface area is 189 Å². The Morgan fingerprint density at radius 1 is 1.19 bits per heavy atom. The lowest BCUT2D eigenvalue weighted by molar-refractivity contribution is -0.124. The van der Waals surface area contributed by atoms with Crippen molar-refractivity contribution in [3.63, 3.8) is 0 Å². The van der Waals surface area contributed by atoms with Gasteiger partial charge in [0.1, 0.15) is 11.8 Å². The second-order valence-electron chi connectivity index (χ2n) is 9.57. The first-order valence-electron chi connectivity index (χ1n) is 11.0. The summed E-state index contributed by atoms with van der Waals surface area (Å²) < 4.78 is 32.6. The van der Waals surface area contributed by atoms with Gasteiger partial charge < -0.3 is 15.0 Å². The number of benzene rings is 1. The van der Waals surface area contributed by atoms with Gasteiger partial charge in [0.25, 0.3) is 0 Å². The second kappa shape index (κ2) is 9.43. The topological polar surface area (TPSA) is 54.5 Å². The van der Waals surface area contributed by atoms with Crippen molar-refractivity contribution in [3.05, 3.63) is 53.9 Å². The number of amides is 1. The summed E-state index contributed by atoms with van der Waals surface area (Å²) in [5.74, 6) is -2.35. The summed E-state index contributed by atoms with van der Waals surface area (Å²) in [7, 11) is 3.40. The maximum absolute atomic E-state index is 13.6. The summed E-state index contributed by atoms with van der Waals surface area (Å²) in [6.45, 7) is 6.45. The summed E-state index contributed by atoms with van der Waals surface area (Å²) in [5.41, 5.74) is 2.69. The molecule has 1 aliphatic rings. The normalized spacial score (nSPS) is 17.5. The molecule has 1 N–H and O–H groups in total. The SMILES string of the molecule is COc1ccncc1C(C(=O)NC1CCC(F)(F)CC1)N(C)c1ccc(C(C)(C)C)cc1. The molecule has 1 saturated carbocycles. The van der Waals surface area contributed by atoms with E-state index in [1.54, 1.807) is 25.6 Å². The third-order valence-corrected chi connectivity index (χ3v) is 6.16. The zero-order valence-corrected chi connectivity index (χ0v) is 19.5. The number of methoxy groups -OCH3 is 1. The molecule has 32 heavy (non-hydrogen) atoms. The van der Waals surface area contributed by atoms with Crippen molar-refractivity contribution in [1.29, 1.82) is 0 Å². The fraction of sp³-hybridized carbons (Fsp3) is 0.520. The minimum atomic E-state index is -2.64. The van der Waals surface area contributed by atoms with E-state index in [4.69, 9.17) is 4.74 Å². The number of nitrogens with one attached hydrogen (secondary N) is 1. The molecule has 5 nitrogen and oxygen atoms in total. The summed E-state index contributed by atoms with van der Waals surface area (Å²) in [5, 5.41) is 3.00. The van der Waals surface area contributed by atoms with E-state index in [1.165, 1.54) is 5.56 Å². The first-order valence-corrected chi connectivity index (χ1v) is 11.0. The molecule has 1 aromatic carbocycles. The number of aromatic nitrogens is 1. The lowest BCUT2D eigenvalue weighted by Gasteiger charge is -2.34. The number of carbonyl (C=O) groups excluding carboxylic acids is 1. The Morgan fingerprint density at radius 2 is 1.81 bits per heavy atom. The summed E-state index contributed by atoms with van der Waals surface area (Å²) >= 11 is 0. The van der Waals surface area contributed by atoms with Gasteiger partial charge in [0.2, 0.25) is 11.8 Å².